The molecule has 18 heavy (non-hydrogen) atoms. The van der Waals surface area contributed by atoms with Gasteiger partial charge in [-0.25, -0.2) is 4.79 Å². The molecule has 0 saturated carbocycles. The summed E-state index contributed by atoms with van der Waals surface area (Å²) in [6.45, 7) is 5.42. The summed E-state index contributed by atoms with van der Waals surface area (Å²) >= 11 is 0. The molecule has 0 fully saturated rings. The Morgan fingerprint density at radius 2 is 1.50 bits per heavy atom. The van der Waals surface area contributed by atoms with E-state index in [1.54, 1.807) is 4.90 Å². The van der Waals surface area contributed by atoms with Gasteiger partial charge in [0.15, 0.2) is 0 Å². The quantitative estimate of drug-likeness (QED) is 0.572. The van der Waals surface area contributed by atoms with Crippen LogP contribution in [0.1, 0.15) is 26.7 Å². The van der Waals surface area contributed by atoms with Crippen molar-refractivity contribution in [1.82, 2.24) is 15.5 Å². The van der Waals surface area contributed by atoms with Crippen molar-refractivity contribution in [3.05, 3.63) is 0 Å². The third-order valence-electron chi connectivity index (χ3n) is 2.36. The third kappa shape index (κ3) is 7.48. The minimum Gasteiger partial charge on any atom is -0.481 e. The van der Waals surface area contributed by atoms with Crippen molar-refractivity contribution in [2.24, 2.45) is 0 Å². The molecule has 0 spiro atoms. The first-order valence-corrected chi connectivity index (χ1v) is 6.02. The van der Waals surface area contributed by atoms with Crippen LogP contribution in [-0.4, -0.2) is 54.1 Å². The highest BCUT2D eigenvalue weighted by molar-refractivity contribution is 5.78. The van der Waals surface area contributed by atoms with Gasteiger partial charge in [0.25, 0.3) is 0 Å². The summed E-state index contributed by atoms with van der Waals surface area (Å²) in [5, 5.41) is 13.3. The van der Waals surface area contributed by atoms with Gasteiger partial charge in [0.2, 0.25) is 5.91 Å². The first kappa shape index (κ1) is 16.2. The normalized spacial score (nSPS) is 9.67. The first-order chi connectivity index (χ1) is 8.51. The SMILES string of the molecule is CCN(CC)C(=O)CCNC(=O)NCCC(=O)O. The van der Waals surface area contributed by atoms with Gasteiger partial charge in [0.1, 0.15) is 0 Å². The van der Waals surface area contributed by atoms with Crippen LogP contribution in [0.5, 0.6) is 0 Å². The van der Waals surface area contributed by atoms with E-state index in [0.717, 1.165) is 0 Å². The summed E-state index contributed by atoms with van der Waals surface area (Å²) < 4.78 is 0. The van der Waals surface area contributed by atoms with Crippen molar-refractivity contribution >= 4 is 17.9 Å². The molecule has 0 bridgehead atoms. The molecule has 3 amide bonds. The molecule has 0 aliphatic rings. The second-order valence-electron chi connectivity index (χ2n) is 3.64. The molecule has 0 aromatic heterocycles. The van der Waals surface area contributed by atoms with E-state index in [-0.39, 0.29) is 31.8 Å². The number of urea groups is 1. The number of nitrogens with one attached hydrogen (secondary N) is 2. The number of carbonyl (C=O) groups is 3. The zero-order chi connectivity index (χ0) is 14.0. The zero-order valence-electron chi connectivity index (χ0n) is 10.9. The van der Waals surface area contributed by atoms with Gasteiger partial charge in [0.05, 0.1) is 6.42 Å². The van der Waals surface area contributed by atoms with E-state index in [0.29, 0.717) is 13.1 Å². The largest absolute Gasteiger partial charge is 0.481 e. The van der Waals surface area contributed by atoms with Gasteiger partial charge in [-0.15, -0.1) is 0 Å². The number of carbonyl (C=O) groups excluding carboxylic acids is 2. The lowest BCUT2D eigenvalue weighted by Gasteiger charge is -2.18. The number of carboxylic acid groups (broad SMARTS) is 1. The number of nitrogens with zero attached hydrogens (tertiary/aromatic N) is 1. The van der Waals surface area contributed by atoms with Crippen LogP contribution in [0, 0.1) is 0 Å². The van der Waals surface area contributed by atoms with Gasteiger partial charge >= 0.3 is 12.0 Å². The first-order valence-electron chi connectivity index (χ1n) is 6.02. The molecule has 7 nitrogen and oxygen atoms in total. The molecule has 0 aliphatic carbocycles. The van der Waals surface area contributed by atoms with Gasteiger partial charge in [-0.1, -0.05) is 0 Å². The van der Waals surface area contributed by atoms with Crippen LogP contribution in [0.25, 0.3) is 0 Å². The lowest BCUT2D eigenvalue weighted by molar-refractivity contribution is -0.136. The lowest BCUT2D eigenvalue weighted by atomic mass is 10.3. The molecule has 3 N–H and O–H groups in total. The summed E-state index contributed by atoms with van der Waals surface area (Å²) in [5.41, 5.74) is 0. The molecule has 7 heteroatoms. The molecular weight excluding hydrogens is 238 g/mol. The van der Waals surface area contributed by atoms with Gasteiger partial charge in [-0.2, -0.15) is 0 Å². The molecule has 0 unspecified atom stereocenters. The molecule has 0 saturated heterocycles. The van der Waals surface area contributed by atoms with E-state index in [1.165, 1.54) is 0 Å². The Morgan fingerprint density at radius 1 is 1.00 bits per heavy atom. The van der Waals surface area contributed by atoms with E-state index in [9.17, 15) is 14.4 Å². The van der Waals surface area contributed by atoms with Crippen LogP contribution in [0.3, 0.4) is 0 Å². The van der Waals surface area contributed by atoms with E-state index in [2.05, 4.69) is 10.6 Å². The molecule has 0 aromatic rings. The minimum atomic E-state index is -0.966. The van der Waals surface area contributed by atoms with Crippen molar-refractivity contribution in [1.29, 1.82) is 0 Å². The minimum absolute atomic E-state index is 0.00849. The Kier molecular flexibility index (Phi) is 8.34. The summed E-state index contributed by atoms with van der Waals surface area (Å²) in [6.07, 6.45) is 0.125. The molecule has 104 valence electrons. The van der Waals surface area contributed by atoms with E-state index in [1.807, 2.05) is 13.8 Å². The number of rotatable bonds is 8. The molecular formula is C11H21N3O4. The average Bonchev–Trinajstić information content (AvgIpc) is 2.30. The van der Waals surface area contributed by atoms with Crippen LogP contribution in [0.15, 0.2) is 0 Å². The average molecular weight is 259 g/mol. The van der Waals surface area contributed by atoms with Crippen LogP contribution in [0.4, 0.5) is 4.79 Å². The fraction of sp³-hybridized carbons (Fsp3) is 0.727. The summed E-state index contributed by atoms with van der Waals surface area (Å²) in [6, 6.07) is -0.455. The number of hydrogen-bond donors (Lipinski definition) is 3. The number of hydrogen-bond acceptors (Lipinski definition) is 3. The van der Waals surface area contributed by atoms with Gasteiger partial charge in [-0.3, -0.25) is 9.59 Å². The Bertz CT molecular complexity index is 290. The fourth-order valence-corrected chi connectivity index (χ4v) is 1.36. The molecule has 0 aliphatic heterocycles. The highest BCUT2D eigenvalue weighted by atomic mass is 16.4. The van der Waals surface area contributed by atoms with Crippen LogP contribution in [0.2, 0.25) is 0 Å². The molecule has 0 rings (SSSR count). The Labute approximate surface area is 107 Å². The number of aliphatic carboxylic acids is 1. The van der Waals surface area contributed by atoms with Crippen LogP contribution in [-0.2, 0) is 9.59 Å². The van der Waals surface area contributed by atoms with Gasteiger partial charge in [0, 0.05) is 32.6 Å². The van der Waals surface area contributed by atoms with Crippen molar-refractivity contribution < 1.29 is 19.5 Å². The Morgan fingerprint density at radius 3 is 1.94 bits per heavy atom. The summed E-state index contributed by atoms with van der Waals surface area (Å²) in [4.78, 5) is 34.6. The maximum atomic E-state index is 11.6. The van der Waals surface area contributed by atoms with Crippen molar-refractivity contribution in [3.63, 3.8) is 0 Å². The van der Waals surface area contributed by atoms with E-state index < -0.39 is 12.0 Å². The van der Waals surface area contributed by atoms with Crippen molar-refractivity contribution in [3.8, 4) is 0 Å². The summed E-state index contributed by atoms with van der Waals surface area (Å²) in [7, 11) is 0. The number of carboxylic acids is 1. The van der Waals surface area contributed by atoms with Crippen LogP contribution < -0.4 is 10.6 Å². The molecule has 0 radical (unpaired) electrons. The molecule has 0 aromatic carbocycles. The van der Waals surface area contributed by atoms with Crippen molar-refractivity contribution in [2.45, 2.75) is 26.7 Å². The molecule has 0 heterocycles. The third-order valence-corrected chi connectivity index (χ3v) is 2.36. The topological polar surface area (TPSA) is 98.7 Å². The standard InChI is InChI=1S/C11H21N3O4/c1-3-14(4-2)9(15)5-7-12-11(18)13-8-6-10(16)17/h3-8H2,1-2H3,(H,16,17)(H2,12,13,18). The monoisotopic (exact) mass is 259 g/mol. The fourth-order valence-electron chi connectivity index (χ4n) is 1.36. The number of amides is 3. The van der Waals surface area contributed by atoms with Gasteiger partial charge < -0.3 is 20.6 Å². The second kappa shape index (κ2) is 9.26. The lowest BCUT2D eigenvalue weighted by Crippen LogP contribution is -2.39. The van der Waals surface area contributed by atoms with Gasteiger partial charge in [-0.05, 0) is 13.8 Å². The molecule has 0 atom stereocenters. The maximum absolute atomic E-state index is 11.6. The second-order valence-corrected chi connectivity index (χ2v) is 3.64. The zero-order valence-corrected chi connectivity index (χ0v) is 10.9. The van der Waals surface area contributed by atoms with Crippen LogP contribution >= 0.6 is 0 Å². The Balaban J connectivity index is 3.67. The Hall–Kier alpha value is -1.79. The maximum Gasteiger partial charge on any atom is 0.314 e. The highest BCUT2D eigenvalue weighted by Crippen LogP contribution is 1.92. The predicted octanol–water partition coefficient (Wildman–Crippen LogP) is 0.0188. The van der Waals surface area contributed by atoms with E-state index >= 15 is 0 Å². The highest BCUT2D eigenvalue weighted by Gasteiger charge is 2.09. The van der Waals surface area contributed by atoms with E-state index in [4.69, 9.17) is 5.11 Å². The summed E-state index contributed by atoms with van der Waals surface area (Å²) in [5.74, 6) is -0.974. The smallest absolute Gasteiger partial charge is 0.314 e. The predicted molar refractivity (Wildman–Crippen MR) is 66.2 cm³/mol. The van der Waals surface area contributed by atoms with Crippen molar-refractivity contribution in [2.75, 3.05) is 26.2 Å².